The molecule has 0 bridgehead atoms. The fourth-order valence-corrected chi connectivity index (χ4v) is 1.80. The Morgan fingerprint density at radius 1 is 1.60 bits per heavy atom. The molecular weight excluding hydrogens is 199 g/mol. The molecule has 1 aromatic rings. The molecule has 0 radical (unpaired) electrons. The standard InChI is InChI=1S/C11H11FO3/c12-9-1-2-10-8(5-9)3-7(6-15-10)4-11(13)14/h1-2,5,7H,3-4,6H2,(H,13,14). The van der Waals surface area contributed by atoms with Crippen molar-refractivity contribution >= 4 is 5.97 Å². The Hall–Kier alpha value is -1.58. The average molecular weight is 210 g/mol. The van der Waals surface area contributed by atoms with Crippen LogP contribution in [0.5, 0.6) is 5.75 Å². The normalized spacial score (nSPS) is 19.1. The maximum atomic E-state index is 12.9. The van der Waals surface area contributed by atoms with E-state index in [0.29, 0.717) is 18.8 Å². The number of fused-ring (bicyclic) bond motifs is 1. The second-order valence-corrected chi connectivity index (χ2v) is 3.73. The molecule has 1 aromatic carbocycles. The number of ether oxygens (including phenoxy) is 1. The third kappa shape index (κ3) is 2.26. The Bertz CT molecular complexity index is 389. The number of carboxylic acid groups (broad SMARTS) is 1. The molecule has 2 rings (SSSR count). The van der Waals surface area contributed by atoms with Gasteiger partial charge in [0.15, 0.2) is 0 Å². The lowest BCUT2D eigenvalue weighted by Gasteiger charge is -2.24. The maximum Gasteiger partial charge on any atom is 0.303 e. The summed E-state index contributed by atoms with van der Waals surface area (Å²) < 4.78 is 18.3. The molecule has 3 nitrogen and oxygen atoms in total. The zero-order valence-electron chi connectivity index (χ0n) is 8.07. The summed E-state index contributed by atoms with van der Waals surface area (Å²) in [6, 6.07) is 4.33. The van der Waals surface area contributed by atoms with Crippen LogP contribution in [-0.4, -0.2) is 17.7 Å². The summed E-state index contributed by atoms with van der Waals surface area (Å²) in [5, 5.41) is 8.64. The minimum Gasteiger partial charge on any atom is -0.493 e. The van der Waals surface area contributed by atoms with Crippen molar-refractivity contribution in [3.8, 4) is 5.75 Å². The minimum absolute atomic E-state index is 0.0585. The molecule has 80 valence electrons. The lowest BCUT2D eigenvalue weighted by molar-refractivity contribution is -0.138. The molecule has 0 spiro atoms. The Balaban J connectivity index is 2.14. The number of halogens is 1. The highest BCUT2D eigenvalue weighted by Gasteiger charge is 2.22. The van der Waals surface area contributed by atoms with Crippen molar-refractivity contribution in [2.24, 2.45) is 5.92 Å². The monoisotopic (exact) mass is 210 g/mol. The van der Waals surface area contributed by atoms with Crippen LogP contribution in [0.25, 0.3) is 0 Å². The van der Waals surface area contributed by atoms with E-state index in [9.17, 15) is 9.18 Å². The van der Waals surface area contributed by atoms with E-state index in [1.165, 1.54) is 12.1 Å². The molecule has 0 fully saturated rings. The zero-order chi connectivity index (χ0) is 10.8. The fraction of sp³-hybridized carbons (Fsp3) is 0.364. The van der Waals surface area contributed by atoms with Crippen molar-refractivity contribution in [2.45, 2.75) is 12.8 Å². The molecule has 1 atom stereocenters. The van der Waals surface area contributed by atoms with Gasteiger partial charge in [0.25, 0.3) is 0 Å². The predicted octanol–water partition coefficient (Wildman–Crippen LogP) is 1.85. The maximum absolute atomic E-state index is 12.9. The zero-order valence-corrected chi connectivity index (χ0v) is 8.07. The topological polar surface area (TPSA) is 46.5 Å². The van der Waals surface area contributed by atoms with Gasteiger partial charge in [0.2, 0.25) is 0 Å². The summed E-state index contributed by atoms with van der Waals surface area (Å²) in [6.07, 6.45) is 0.634. The van der Waals surface area contributed by atoms with E-state index in [0.717, 1.165) is 5.56 Å². The van der Waals surface area contributed by atoms with Gasteiger partial charge in [0.05, 0.1) is 13.0 Å². The Morgan fingerprint density at radius 2 is 2.40 bits per heavy atom. The van der Waals surface area contributed by atoms with Gasteiger partial charge in [0.1, 0.15) is 11.6 Å². The molecule has 15 heavy (non-hydrogen) atoms. The lowest BCUT2D eigenvalue weighted by atomic mass is 9.94. The van der Waals surface area contributed by atoms with E-state index in [-0.39, 0.29) is 18.2 Å². The first-order valence-electron chi connectivity index (χ1n) is 4.78. The summed E-state index contributed by atoms with van der Waals surface area (Å²) >= 11 is 0. The highest BCUT2D eigenvalue weighted by Crippen LogP contribution is 2.29. The average Bonchev–Trinajstić information content (AvgIpc) is 2.16. The number of hydrogen-bond donors (Lipinski definition) is 1. The number of rotatable bonds is 2. The lowest BCUT2D eigenvalue weighted by Crippen LogP contribution is -2.23. The molecule has 0 saturated carbocycles. The van der Waals surface area contributed by atoms with Crippen LogP contribution in [-0.2, 0) is 11.2 Å². The Kier molecular flexibility index (Phi) is 2.58. The van der Waals surface area contributed by atoms with Crippen LogP contribution in [0.2, 0.25) is 0 Å². The third-order valence-corrected chi connectivity index (χ3v) is 2.47. The SMILES string of the molecule is O=C(O)CC1COc2ccc(F)cc2C1. The fourth-order valence-electron chi connectivity index (χ4n) is 1.80. The number of aliphatic carboxylic acids is 1. The van der Waals surface area contributed by atoms with Crippen molar-refractivity contribution in [1.29, 1.82) is 0 Å². The molecule has 1 N–H and O–H groups in total. The van der Waals surface area contributed by atoms with E-state index in [1.54, 1.807) is 6.07 Å². The van der Waals surface area contributed by atoms with Gasteiger partial charge in [-0.2, -0.15) is 0 Å². The minimum atomic E-state index is -0.844. The van der Waals surface area contributed by atoms with Crippen LogP contribution in [0, 0.1) is 11.7 Å². The predicted molar refractivity (Wildman–Crippen MR) is 51.3 cm³/mol. The van der Waals surface area contributed by atoms with E-state index in [1.807, 2.05) is 0 Å². The van der Waals surface area contributed by atoms with Gasteiger partial charge in [0, 0.05) is 5.92 Å². The van der Waals surface area contributed by atoms with Gasteiger partial charge < -0.3 is 9.84 Å². The van der Waals surface area contributed by atoms with Crippen molar-refractivity contribution in [3.05, 3.63) is 29.6 Å². The summed E-state index contributed by atoms with van der Waals surface area (Å²) in [6.45, 7) is 0.394. The molecule has 1 aliphatic heterocycles. The summed E-state index contributed by atoms with van der Waals surface area (Å²) in [5.41, 5.74) is 0.757. The first kappa shape index (κ1) is 9.96. The molecule has 0 aromatic heterocycles. The highest BCUT2D eigenvalue weighted by molar-refractivity contribution is 5.67. The molecular formula is C11H11FO3. The van der Waals surface area contributed by atoms with Crippen molar-refractivity contribution < 1.29 is 19.0 Å². The van der Waals surface area contributed by atoms with E-state index < -0.39 is 5.97 Å². The first-order valence-corrected chi connectivity index (χ1v) is 4.78. The molecule has 0 amide bonds. The second-order valence-electron chi connectivity index (χ2n) is 3.73. The highest BCUT2D eigenvalue weighted by atomic mass is 19.1. The molecule has 1 unspecified atom stereocenters. The molecule has 0 aliphatic carbocycles. The molecule has 0 saturated heterocycles. The second kappa shape index (κ2) is 3.88. The van der Waals surface area contributed by atoms with Crippen LogP contribution >= 0.6 is 0 Å². The number of benzene rings is 1. The van der Waals surface area contributed by atoms with Gasteiger partial charge in [-0.3, -0.25) is 4.79 Å². The Morgan fingerprint density at radius 3 is 3.13 bits per heavy atom. The van der Waals surface area contributed by atoms with Crippen LogP contribution in [0.4, 0.5) is 4.39 Å². The van der Waals surface area contributed by atoms with E-state index in [4.69, 9.17) is 9.84 Å². The summed E-state index contributed by atoms with van der Waals surface area (Å²) in [7, 11) is 0. The van der Waals surface area contributed by atoms with Gasteiger partial charge in [-0.25, -0.2) is 4.39 Å². The third-order valence-electron chi connectivity index (χ3n) is 2.47. The van der Waals surface area contributed by atoms with Crippen LogP contribution < -0.4 is 4.74 Å². The van der Waals surface area contributed by atoms with Crippen LogP contribution in [0.3, 0.4) is 0 Å². The Labute approximate surface area is 86.5 Å². The van der Waals surface area contributed by atoms with Gasteiger partial charge in [-0.05, 0) is 30.2 Å². The van der Waals surface area contributed by atoms with Gasteiger partial charge >= 0.3 is 5.97 Å². The smallest absolute Gasteiger partial charge is 0.303 e. The van der Waals surface area contributed by atoms with E-state index >= 15 is 0 Å². The molecule has 1 aliphatic rings. The van der Waals surface area contributed by atoms with Gasteiger partial charge in [-0.15, -0.1) is 0 Å². The largest absolute Gasteiger partial charge is 0.493 e. The van der Waals surface area contributed by atoms with Gasteiger partial charge in [-0.1, -0.05) is 0 Å². The van der Waals surface area contributed by atoms with Crippen LogP contribution in [0.15, 0.2) is 18.2 Å². The summed E-state index contributed by atoms with van der Waals surface area (Å²) in [5.74, 6) is -0.549. The van der Waals surface area contributed by atoms with Crippen molar-refractivity contribution in [3.63, 3.8) is 0 Å². The number of hydrogen-bond acceptors (Lipinski definition) is 2. The number of carboxylic acids is 1. The van der Waals surface area contributed by atoms with Crippen molar-refractivity contribution in [2.75, 3.05) is 6.61 Å². The van der Waals surface area contributed by atoms with Crippen LogP contribution in [0.1, 0.15) is 12.0 Å². The molecule has 4 heteroatoms. The molecule has 1 heterocycles. The summed E-state index contributed by atoms with van der Waals surface area (Å²) in [4.78, 5) is 10.5. The van der Waals surface area contributed by atoms with E-state index in [2.05, 4.69) is 0 Å². The quantitative estimate of drug-likeness (QED) is 0.810. The number of carbonyl (C=O) groups is 1. The van der Waals surface area contributed by atoms with Crippen molar-refractivity contribution in [1.82, 2.24) is 0 Å². The first-order chi connectivity index (χ1) is 7.15.